The molecular formula is C18H30ClNO. The molecule has 1 aromatic rings. The lowest BCUT2D eigenvalue weighted by Crippen LogP contribution is -2.18. The van der Waals surface area contributed by atoms with Crippen LogP contribution in [-0.2, 0) is 6.42 Å². The van der Waals surface area contributed by atoms with Crippen LogP contribution < -0.4 is 10.5 Å². The van der Waals surface area contributed by atoms with Gasteiger partial charge >= 0.3 is 0 Å². The van der Waals surface area contributed by atoms with Crippen LogP contribution >= 0.6 is 11.6 Å². The highest BCUT2D eigenvalue weighted by Gasteiger charge is 2.09. The molecule has 0 bridgehead atoms. The molecule has 0 heterocycles. The quantitative estimate of drug-likeness (QED) is 0.558. The van der Waals surface area contributed by atoms with E-state index in [-0.39, 0.29) is 6.04 Å². The van der Waals surface area contributed by atoms with E-state index in [0.717, 1.165) is 30.8 Å². The molecule has 1 rings (SSSR count). The number of hydrogen-bond acceptors (Lipinski definition) is 2. The van der Waals surface area contributed by atoms with Gasteiger partial charge in [0.25, 0.3) is 0 Å². The van der Waals surface area contributed by atoms with Crippen molar-refractivity contribution in [1.82, 2.24) is 0 Å². The van der Waals surface area contributed by atoms with Gasteiger partial charge in [-0.2, -0.15) is 0 Å². The van der Waals surface area contributed by atoms with Crippen LogP contribution in [0.4, 0.5) is 0 Å². The highest BCUT2D eigenvalue weighted by Crippen LogP contribution is 2.29. The first-order valence-electron chi connectivity index (χ1n) is 8.31. The first-order valence-corrected chi connectivity index (χ1v) is 8.68. The van der Waals surface area contributed by atoms with Crippen molar-refractivity contribution in [2.75, 3.05) is 6.61 Å². The Morgan fingerprint density at radius 1 is 1.10 bits per heavy atom. The molecule has 0 radical (unpaired) electrons. The Bertz CT molecular complexity index is 393. The van der Waals surface area contributed by atoms with E-state index >= 15 is 0 Å². The predicted octanol–water partition coefficient (Wildman–Crippen LogP) is 5.36. The highest BCUT2D eigenvalue weighted by molar-refractivity contribution is 6.32. The number of ether oxygens (including phenoxy) is 1. The Balaban J connectivity index is 2.31. The van der Waals surface area contributed by atoms with E-state index in [4.69, 9.17) is 22.1 Å². The summed E-state index contributed by atoms with van der Waals surface area (Å²) < 4.78 is 5.91. The number of benzene rings is 1. The Morgan fingerprint density at radius 2 is 1.76 bits per heavy atom. The number of nitrogens with two attached hydrogens (primary N) is 1. The summed E-state index contributed by atoms with van der Waals surface area (Å²) in [7, 11) is 0. The predicted molar refractivity (Wildman–Crippen MR) is 92.3 cm³/mol. The van der Waals surface area contributed by atoms with E-state index in [1.807, 2.05) is 19.1 Å². The number of halogens is 1. The van der Waals surface area contributed by atoms with E-state index < -0.39 is 0 Å². The SMILES string of the molecule is CCCCCCCCCOc1c(Cl)cccc1CC(C)N. The van der Waals surface area contributed by atoms with Crippen molar-refractivity contribution < 1.29 is 4.74 Å². The van der Waals surface area contributed by atoms with Crippen LogP contribution in [-0.4, -0.2) is 12.6 Å². The summed E-state index contributed by atoms with van der Waals surface area (Å²) >= 11 is 6.24. The number of unbranched alkanes of at least 4 members (excludes halogenated alkanes) is 6. The van der Waals surface area contributed by atoms with E-state index in [0.29, 0.717) is 5.02 Å². The minimum Gasteiger partial charge on any atom is -0.492 e. The van der Waals surface area contributed by atoms with Gasteiger partial charge in [-0.15, -0.1) is 0 Å². The van der Waals surface area contributed by atoms with Crippen LogP contribution in [0.25, 0.3) is 0 Å². The fraction of sp³-hybridized carbons (Fsp3) is 0.667. The van der Waals surface area contributed by atoms with Gasteiger partial charge in [-0.1, -0.05) is 69.2 Å². The molecule has 3 heteroatoms. The molecule has 0 aliphatic carbocycles. The fourth-order valence-corrected chi connectivity index (χ4v) is 2.70. The van der Waals surface area contributed by atoms with Gasteiger partial charge in [0, 0.05) is 6.04 Å². The summed E-state index contributed by atoms with van der Waals surface area (Å²) in [5, 5.41) is 0.691. The third-order valence-corrected chi connectivity index (χ3v) is 3.88. The summed E-state index contributed by atoms with van der Waals surface area (Å²) in [4.78, 5) is 0. The molecular weight excluding hydrogens is 282 g/mol. The van der Waals surface area contributed by atoms with E-state index in [9.17, 15) is 0 Å². The molecule has 21 heavy (non-hydrogen) atoms. The van der Waals surface area contributed by atoms with Crippen molar-refractivity contribution in [3.05, 3.63) is 28.8 Å². The number of rotatable bonds is 11. The van der Waals surface area contributed by atoms with Gasteiger partial charge in [-0.3, -0.25) is 0 Å². The second-order valence-corrected chi connectivity index (χ2v) is 6.29. The molecule has 1 aromatic carbocycles. The van der Waals surface area contributed by atoms with Gasteiger partial charge in [0.1, 0.15) is 5.75 Å². The maximum atomic E-state index is 6.24. The van der Waals surface area contributed by atoms with Crippen LogP contribution in [0.1, 0.15) is 64.4 Å². The van der Waals surface area contributed by atoms with Crippen LogP contribution in [0, 0.1) is 0 Å². The molecule has 0 aliphatic heterocycles. The molecule has 0 amide bonds. The van der Waals surface area contributed by atoms with Gasteiger partial charge in [-0.05, 0) is 31.4 Å². The van der Waals surface area contributed by atoms with Crippen molar-refractivity contribution in [1.29, 1.82) is 0 Å². The van der Waals surface area contributed by atoms with Gasteiger partial charge in [0.2, 0.25) is 0 Å². The molecule has 0 saturated carbocycles. The number of hydrogen-bond donors (Lipinski definition) is 1. The topological polar surface area (TPSA) is 35.2 Å². The summed E-state index contributed by atoms with van der Waals surface area (Å²) in [6.07, 6.45) is 9.79. The molecule has 2 nitrogen and oxygen atoms in total. The average Bonchev–Trinajstić information content (AvgIpc) is 2.43. The summed E-state index contributed by atoms with van der Waals surface area (Å²) in [6, 6.07) is 6.01. The standard InChI is InChI=1S/C18H30ClNO/c1-3-4-5-6-7-8-9-13-21-18-16(14-15(2)20)11-10-12-17(18)19/h10-12,15H,3-9,13-14,20H2,1-2H3. The molecule has 2 N–H and O–H groups in total. The van der Waals surface area contributed by atoms with Crippen LogP contribution in [0.2, 0.25) is 5.02 Å². The average molecular weight is 312 g/mol. The molecule has 1 unspecified atom stereocenters. The zero-order valence-electron chi connectivity index (χ0n) is 13.5. The van der Waals surface area contributed by atoms with E-state index in [1.165, 1.54) is 38.5 Å². The fourth-order valence-electron chi connectivity index (χ4n) is 2.46. The lowest BCUT2D eigenvalue weighted by molar-refractivity contribution is 0.301. The van der Waals surface area contributed by atoms with E-state index in [2.05, 4.69) is 13.0 Å². The molecule has 0 aromatic heterocycles. The van der Waals surface area contributed by atoms with Gasteiger partial charge in [0.05, 0.1) is 11.6 Å². The highest BCUT2D eigenvalue weighted by atomic mass is 35.5. The van der Waals surface area contributed by atoms with Crippen LogP contribution in [0.15, 0.2) is 18.2 Å². The molecule has 0 aliphatic rings. The Labute approximate surface area is 135 Å². The molecule has 1 atom stereocenters. The maximum Gasteiger partial charge on any atom is 0.141 e. The first kappa shape index (κ1) is 18.3. The van der Waals surface area contributed by atoms with Gasteiger partial charge < -0.3 is 10.5 Å². The van der Waals surface area contributed by atoms with Crippen LogP contribution in [0.3, 0.4) is 0 Å². The van der Waals surface area contributed by atoms with Crippen molar-refractivity contribution in [2.24, 2.45) is 5.73 Å². The third-order valence-electron chi connectivity index (χ3n) is 3.58. The van der Waals surface area contributed by atoms with E-state index in [1.54, 1.807) is 0 Å². The summed E-state index contributed by atoms with van der Waals surface area (Å²) in [6.45, 7) is 4.99. The second-order valence-electron chi connectivity index (χ2n) is 5.88. The minimum absolute atomic E-state index is 0.115. The summed E-state index contributed by atoms with van der Waals surface area (Å²) in [5.74, 6) is 0.822. The normalized spacial score (nSPS) is 12.4. The number of para-hydroxylation sites is 1. The Hall–Kier alpha value is -0.730. The monoisotopic (exact) mass is 311 g/mol. The third kappa shape index (κ3) is 7.73. The zero-order valence-corrected chi connectivity index (χ0v) is 14.3. The maximum absolute atomic E-state index is 6.24. The largest absolute Gasteiger partial charge is 0.492 e. The molecule has 0 spiro atoms. The van der Waals surface area contributed by atoms with Crippen molar-refractivity contribution in [3.63, 3.8) is 0 Å². The van der Waals surface area contributed by atoms with Crippen LogP contribution in [0.5, 0.6) is 5.75 Å². The Kier molecular flexibility index (Phi) is 9.53. The van der Waals surface area contributed by atoms with Gasteiger partial charge in [-0.25, -0.2) is 0 Å². The molecule has 0 fully saturated rings. The first-order chi connectivity index (χ1) is 10.1. The lowest BCUT2D eigenvalue weighted by atomic mass is 10.1. The summed E-state index contributed by atoms with van der Waals surface area (Å²) in [5.41, 5.74) is 6.99. The minimum atomic E-state index is 0.115. The van der Waals surface area contributed by atoms with Crippen molar-refractivity contribution >= 4 is 11.6 Å². The smallest absolute Gasteiger partial charge is 0.141 e. The van der Waals surface area contributed by atoms with Crippen molar-refractivity contribution in [3.8, 4) is 5.75 Å². The van der Waals surface area contributed by atoms with Crippen molar-refractivity contribution in [2.45, 2.75) is 71.3 Å². The second kappa shape index (κ2) is 10.9. The van der Waals surface area contributed by atoms with Gasteiger partial charge in [0.15, 0.2) is 0 Å². The molecule has 120 valence electrons. The molecule has 0 saturated heterocycles. The lowest BCUT2D eigenvalue weighted by Gasteiger charge is -2.14. The Morgan fingerprint density at radius 3 is 2.43 bits per heavy atom. The zero-order chi connectivity index (χ0) is 15.5.